The van der Waals surface area contributed by atoms with Crippen molar-refractivity contribution in [2.75, 3.05) is 5.73 Å². The Labute approximate surface area is 110 Å². The van der Waals surface area contributed by atoms with Gasteiger partial charge in [0, 0.05) is 12.1 Å². The van der Waals surface area contributed by atoms with Crippen molar-refractivity contribution in [3.05, 3.63) is 52.3 Å². The number of hydrogen-bond acceptors (Lipinski definition) is 2. The molecule has 0 atom stereocenters. The molecule has 2 N–H and O–H groups in total. The van der Waals surface area contributed by atoms with E-state index in [0.717, 1.165) is 17.2 Å². The van der Waals surface area contributed by atoms with E-state index in [-0.39, 0.29) is 10.7 Å². The van der Waals surface area contributed by atoms with Crippen molar-refractivity contribution >= 4 is 17.3 Å². The first-order chi connectivity index (χ1) is 8.47. The standard InChI is InChI=1S/C14H13ClFNO/c1-8-3-4-13(9(2)5-8)18-14-6-10(15)11(16)7-12(14)17/h3-7H,17H2,1-2H3. The Balaban J connectivity index is 2.37. The van der Waals surface area contributed by atoms with Gasteiger partial charge in [0.1, 0.15) is 11.6 Å². The molecule has 0 aliphatic heterocycles. The Hall–Kier alpha value is -1.74. The monoisotopic (exact) mass is 265 g/mol. The van der Waals surface area contributed by atoms with E-state index in [9.17, 15) is 4.39 Å². The average Bonchev–Trinajstić information content (AvgIpc) is 2.29. The summed E-state index contributed by atoms with van der Waals surface area (Å²) in [5.74, 6) is 0.477. The molecular weight excluding hydrogens is 253 g/mol. The summed E-state index contributed by atoms with van der Waals surface area (Å²) in [4.78, 5) is 0. The molecule has 0 saturated heterocycles. The van der Waals surface area contributed by atoms with E-state index in [1.807, 2.05) is 32.0 Å². The summed E-state index contributed by atoms with van der Waals surface area (Å²) >= 11 is 5.71. The van der Waals surface area contributed by atoms with Gasteiger partial charge >= 0.3 is 0 Å². The zero-order valence-electron chi connectivity index (χ0n) is 10.1. The van der Waals surface area contributed by atoms with Gasteiger partial charge in [0.2, 0.25) is 0 Å². The third-order valence-electron chi connectivity index (χ3n) is 2.60. The highest BCUT2D eigenvalue weighted by atomic mass is 35.5. The van der Waals surface area contributed by atoms with Crippen molar-refractivity contribution in [3.63, 3.8) is 0 Å². The Kier molecular flexibility index (Phi) is 3.43. The lowest BCUT2D eigenvalue weighted by Crippen LogP contribution is -1.95. The summed E-state index contributed by atoms with van der Waals surface area (Å²) < 4.78 is 18.8. The molecule has 0 aromatic heterocycles. The summed E-state index contributed by atoms with van der Waals surface area (Å²) in [6, 6.07) is 8.31. The highest BCUT2D eigenvalue weighted by Crippen LogP contribution is 2.33. The molecule has 0 radical (unpaired) electrons. The molecule has 2 aromatic carbocycles. The number of benzene rings is 2. The van der Waals surface area contributed by atoms with Crippen LogP contribution < -0.4 is 10.5 Å². The molecule has 0 fully saturated rings. The fourth-order valence-electron chi connectivity index (χ4n) is 1.66. The summed E-state index contributed by atoms with van der Waals surface area (Å²) in [7, 11) is 0. The van der Waals surface area contributed by atoms with Gasteiger partial charge in [-0.2, -0.15) is 0 Å². The number of aryl methyl sites for hydroxylation is 2. The van der Waals surface area contributed by atoms with Gasteiger partial charge in [-0.15, -0.1) is 0 Å². The van der Waals surface area contributed by atoms with E-state index in [0.29, 0.717) is 11.5 Å². The molecule has 0 aliphatic carbocycles. The second kappa shape index (κ2) is 4.86. The molecular formula is C14H13ClFNO. The number of hydrogen-bond donors (Lipinski definition) is 1. The van der Waals surface area contributed by atoms with Crippen molar-refractivity contribution in [2.24, 2.45) is 0 Å². The van der Waals surface area contributed by atoms with Crippen LogP contribution in [0.3, 0.4) is 0 Å². The maximum Gasteiger partial charge on any atom is 0.152 e. The topological polar surface area (TPSA) is 35.2 Å². The Bertz CT molecular complexity index is 599. The van der Waals surface area contributed by atoms with Crippen LogP contribution in [0.2, 0.25) is 5.02 Å². The number of halogens is 2. The predicted octanol–water partition coefficient (Wildman–Crippen LogP) is 4.47. The average molecular weight is 266 g/mol. The maximum absolute atomic E-state index is 13.2. The number of nitrogens with two attached hydrogens (primary N) is 1. The number of ether oxygens (including phenoxy) is 1. The highest BCUT2D eigenvalue weighted by Gasteiger charge is 2.09. The summed E-state index contributed by atoms with van der Waals surface area (Å²) in [6.07, 6.45) is 0. The second-order valence-electron chi connectivity index (χ2n) is 4.18. The molecule has 2 rings (SSSR count). The predicted molar refractivity (Wildman–Crippen MR) is 71.8 cm³/mol. The molecule has 2 aromatic rings. The van der Waals surface area contributed by atoms with Crippen LogP contribution in [0, 0.1) is 19.7 Å². The lowest BCUT2D eigenvalue weighted by Gasteiger charge is -2.12. The fourth-order valence-corrected chi connectivity index (χ4v) is 1.82. The van der Waals surface area contributed by atoms with Gasteiger partial charge < -0.3 is 10.5 Å². The van der Waals surface area contributed by atoms with Crippen molar-refractivity contribution < 1.29 is 9.13 Å². The van der Waals surface area contributed by atoms with E-state index < -0.39 is 5.82 Å². The van der Waals surface area contributed by atoms with Crippen LogP contribution >= 0.6 is 11.6 Å². The molecule has 0 aliphatic rings. The second-order valence-corrected chi connectivity index (χ2v) is 4.58. The van der Waals surface area contributed by atoms with Gasteiger partial charge in [-0.05, 0) is 25.5 Å². The van der Waals surface area contributed by atoms with Crippen LogP contribution in [-0.2, 0) is 0 Å². The Morgan fingerprint density at radius 3 is 2.50 bits per heavy atom. The van der Waals surface area contributed by atoms with Gasteiger partial charge in [0.25, 0.3) is 0 Å². The first-order valence-electron chi connectivity index (χ1n) is 5.47. The molecule has 0 heterocycles. The summed E-state index contributed by atoms with van der Waals surface area (Å²) in [5, 5.41) is -0.0102. The van der Waals surface area contributed by atoms with Crippen LogP contribution in [-0.4, -0.2) is 0 Å². The van der Waals surface area contributed by atoms with E-state index in [2.05, 4.69) is 0 Å². The van der Waals surface area contributed by atoms with Gasteiger partial charge in [0.15, 0.2) is 5.75 Å². The van der Waals surface area contributed by atoms with E-state index in [1.54, 1.807) is 0 Å². The van der Waals surface area contributed by atoms with Crippen molar-refractivity contribution in [1.82, 2.24) is 0 Å². The molecule has 4 heteroatoms. The Morgan fingerprint density at radius 2 is 1.83 bits per heavy atom. The van der Waals surface area contributed by atoms with Gasteiger partial charge in [0.05, 0.1) is 10.7 Å². The zero-order valence-corrected chi connectivity index (χ0v) is 10.9. The van der Waals surface area contributed by atoms with Gasteiger partial charge in [-0.1, -0.05) is 29.3 Å². The molecule has 0 bridgehead atoms. The highest BCUT2D eigenvalue weighted by molar-refractivity contribution is 6.31. The lowest BCUT2D eigenvalue weighted by molar-refractivity contribution is 0.479. The fraction of sp³-hybridized carbons (Fsp3) is 0.143. The third kappa shape index (κ3) is 2.57. The van der Waals surface area contributed by atoms with Crippen LogP contribution in [0.5, 0.6) is 11.5 Å². The van der Waals surface area contributed by atoms with Gasteiger partial charge in [-0.25, -0.2) is 4.39 Å². The SMILES string of the molecule is Cc1ccc(Oc2cc(Cl)c(F)cc2N)c(C)c1. The minimum absolute atomic E-state index is 0.0102. The van der Waals surface area contributed by atoms with Crippen molar-refractivity contribution in [3.8, 4) is 11.5 Å². The lowest BCUT2D eigenvalue weighted by atomic mass is 10.1. The first kappa shape index (κ1) is 12.7. The number of nitrogen functional groups attached to an aromatic ring is 1. The van der Waals surface area contributed by atoms with Crippen LogP contribution in [0.15, 0.2) is 30.3 Å². The summed E-state index contributed by atoms with van der Waals surface area (Å²) in [5.41, 5.74) is 8.04. The smallest absolute Gasteiger partial charge is 0.152 e. The van der Waals surface area contributed by atoms with E-state index in [1.165, 1.54) is 6.07 Å². The van der Waals surface area contributed by atoms with Crippen molar-refractivity contribution in [2.45, 2.75) is 13.8 Å². The molecule has 0 saturated carbocycles. The van der Waals surface area contributed by atoms with E-state index >= 15 is 0 Å². The summed E-state index contributed by atoms with van der Waals surface area (Å²) in [6.45, 7) is 3.93. The van der Waals surface area contributed by atoms with Crippen LogP contribution in [0.4, 0.5) is 10.1 Å². The largest absolute Gasteiger partial charge is 0.455 e. The number of rotatable bonds is 2. The molecule has 0 amide bonds. The zero-order chi connectivity index (χ0) is 13.3. The quantitative estimate of drug-likeness (QED) is 0.813. The molecule has 18 heavy (non-hydrogen) atoms. The van der Waals surface area contributed by atoms with Crippen LogP contribution in [0.25, 0.3) is 0 Å². The number of anilines is 1. The minimum atomic E-state index is -0.554. The first-order valence-corrected chi connectivity index (χ1v) is 5.85. The van der Waals surface area contributed by atoms with Gasteiger partial charge in [-0.3, -0.25) is 0 Å². The van der Waals surface area contributed by atoms with Crippen LogP contribution in [0.1, 0.15) is 11.1 Å². The Morgan fingerprint density at radius 1 is 1.11 bits per heavy atom. The van der Waals surface area contributed by atoms with Crippen molar-refractivity contribution in [1.29, 1.82) is 0 Å². The third-order valence-corrected chi connectivity index (χ3v) is 2.89. The minimum Gasteiger partial charge on any atom is -0.455 e. The maximum atomic E-state index is 13.2. The molecule has 0 unspecified atom stereocenters. The normalized spacial score (nSPS) is 10.4. The molecule has 2 nitrogen and oxygen atoms in total. The molecule has 0 spiro atoms. The van der Waals surface area contributed by atoms with E-state index in [4.69, 9.17) is 22.1 Å². The molecule has 94 valence electrons.